The van der Waals surface area contributed by atoms with Crippen LogP contribution in [0.5, 0.6) is 17.2 Å². The fraction of sp³-hybridized carbons (Fsp3) is 0.263. The number of ketones is 1. The maximum atomic E-state index is 12.4. The van der Waals surface area contributed by atoms with Crippen molar-refractivity contribution >= 4 is 17.4 Å². The number of carbonyl (C=O) groups is 2. The van der Waals surface area contributed by atoms with Crippen molar-refractivity contribution in [2.75, 3.05) is 12.1 Å². The Balaban J connectivity index is 1.75. The molecule has 2 aromatic carbocycles. The Kier molecular flexibility index (Phi) is 4.61. The number of ether oxygens (including phenoxy) is 3. The summed E-state index contributed by atoms with van der Waals surface area (Å²) in [5, 5.41) is 2.73. The number of hydrogen-bond donors (Lipinski definition) is 1. The van der Waals surface area contributed by atoms with Crippen LogP contribution in [-0.2, 0) is 4.79 Å². The average molecular weight is 341 g/mol. The van der Waals surface area contributed by atoms with Crippen LogP contribution in [-0.4, -0.2) is 24.6 Å². The Labute approximate surface area is 145 Å². The van der Waals surface area contributed by atoms with E-state index in [1.54, 1.807) is 31.2 Å². The van der Waals surface area contributed by atoms with Crippen LogP contribution >= 0.6 is 0 Å². The second-order valence-electron chi connectivity index (χ2n) is 5.87. The number of anilines is 1. The third kappa shape index (κ3) is 3.74. The van der Waals surface area contributed by atoms with E-state index in [1.165, 1.54) is 6.92 Å². The van der Waals surface area contributed by atoms with Gasteiger partial charge in [0.2, 0.25) is 6.79 Å². The summed E-state index contributed by atoms with van der Waals surface area (Å²) in [5.41, 5.74) is 1.84. The lowest BCUT2D eigenvalue weighted by Crippen LogP contribution is -2.30. The van der Waals surface area contributed by atoms with Gasteiger partial charge >= 0.3 is 0 Å². The van der Waals surface area contributed by atoms with Crippen LogP contribution < -0.4 is 19.5 Å². The predicted molar refractivity (Wildman–Crippen MR) is 92.5 cm³/mol. The Morgan fingerprint density at radius 3 is 2.40 bits per heavy atom. The molecule has 0 radical (unpaired) electrons. The molecule has 0 saturated heterocycles. The van der Waals surface area contributed by atoms with Gasteiger partial charge in [-0.2, -0.15) is 0 Å². The second kappa shape index (κ2) is 6.84. The van der Waals surface area contributed by atoms with E-state index in [0.29, 0.717) is 28.5 Å². The summed E-state index contributed by atoms with van der Waals surface area (Å²) in [6.45, 7) is 5.15. The monoisotopic (exact) mass is 341 g/mol. The van der Waals surface area contributed by atoms with Gasteiger partial charge in [0.25, 0.3) is 5.91 Å². The molecule has 1 aliphatic heterocycles. The van der Waals surface area contributed by atoms with Gasteiger partial charge in [-0.1, -0.05) is 17.7 Å². The van der Waals surface area contributed by atoms with Gasteiger partial charge in [0, 0.05) is 11.6 Å². The number of carbonyl (C=O) groups excluding carboxylic acids is 2. The number of Topliss-reactive ketones (excluding diaryl/α,β-unsaturated/α-hetero) is 1. The summed E-state index contributed by atoms with van der Waals surface area (Å²) in [7, 11) is 0. The number of hydrogen-bond acceptors (Lipinski definition) is 5. The summed E-state index contributed by atoms with van der Waals surface area (Å²) in [5.74, 6) is 1.05. The largest absolute Gasteiger partial charge is 0.481 e. The summed E-state index contributed by atoms with van der Waals surface area (Å²) in [6, 6.07) is 10.6. The Bertz CT molecular complexity index is 813. The van der Waals surface area contributed by atoms with Crippen LogP contribution in [0.4, 0.5) is 5.69 Å². The second-order valence-corrected chi connectivity index (χ2v) is 5.87. The minimum Gasteiger partial charge on any atom is -0.481 e. The lowest BCUT2D eigenvalue weighted by molar-refractivity contribution is -0.122. The molecule has 25 heavy (non-hydrogen) atoms. The first kappa shape index (κ1) is 16.8. The quantitative estimate of drug-likeness (QED) is 0.845. The number of nitrogens with one attached hydrogen (secondary N) is 1. The van der Waals surface area contributed by atoms with Crippen LogP contribution in [0.15, 0.2) is 36.4 Å². The molecular formula is C19H19NO5. The minimum atomic E-state index is -0.729. The fourth-order valence-corrected chi connectivity index (χ4v) is 2.45. The highest BCUT2D eigenvalue weighted by Gasteiger charge is 2.22. The van der Waals surface area contributed by atoms with Gasteiger partial charge in [0.1, 0.15) is 5.75 Å². The van der Waals surface area contributed by atoms with Crippen molar-refractivity contribution in [3.63, 3.8) is 0 Å². The lowest BCUT2D eigenvalue weighted by Gasteiger charge is -2.16. The molecule has 6 nitrogen and oxygen atoms in total. The van der Waals surface area contributed by atoms with Gasteiger partial charge in [-0.25, -0.2) is 0 Å². The van der Waals surface area contributed by atoms with Crippen molar-refractivity contribution in [3.05, 3.63) is 47.5 Å². The third-order valence-corrected chi connectivity index (χ3v) is 3.85. The fourth-order valence-electron chi connectivity index (χ4n) is 2.45. The topological polar surface area (TPSA) is 73.9 Å². The van der Waals surface area contributed by atoms with Crippen LogP contribution in [0, 0.1) is 6.92 Å². The van der Waals surface area contributed by atoms with Crippen molar-refractivity contribution in [1.29, 1.82) is 0 Å². The molecule has 2 aromatic rings. The van der Waals surface area contributed by atoms with Gasteiger partial charge in [0.15, 0.2) is 23.4 Å². The number of amides is 1. The van der Waals surface area contributed by atoms with Crippen molar-refractivity contribution in [2.24, 2.45) is 0 Å². The zero-order valence-electron chi connectivity index (χ0n) is 14.3. The molecular weight excluding hydrogens is 322 g/mol. The standard InChI is InChI=1S/C19H19NO5/c1-11-4-6-14(7-5-11)25-13(3)19(22)20-16-9-18-17(23-10-24-18)8-15(16)12(2)21/h4-9,13H,10H2,1-3H3,(H,20,22)/t13-/m1/s1. The van der Waals surface area contributed by atoms with E-state index in [9.17, 15) is 9.59 Å². The molecule has 130 valence electrons. The predicted octanol–water partition coefficient (Wildman–Crippen LogP) is 3.33. The molecule has 1 aliphatic rings. The molecule has 0 spiro atoms. The molecule has 0 bridgehead atoms. The number of rotatable bonds is 5. The van der Waals surface area contributed by atoms with Gasteiger partial charge in [-0.15, -0.1) is 0 Å². The molecule has 0 fully saturated rings. The highest BCUT2D eigenvalue weighted by molar-refractivity contribution is 6.05. The molecule has 0 aliphatic carbocycles. The summed E-state index contributed by atoms with van der Waals surface area (Å²) < 4.78 is 16.2. The summed E-state index contributed by atoms with van der Waals surface area (Å²) in [6.07, 6.45) is -0.729. The van der Waals surface area contributed by atoms with Crippen LogP contribution in [0.3, 0.4) is 0 Å². The Morgan fingerprint density at radius 2 is 1.76 bits per heavy atom. The zero-order valence-corrected chi connectivity index (χ0v) is 14.3. The van der Waals surface area contributed by atoms with E-state index in [2.05, 4.69) is 5.32 Å². The van der Waals surface area contributed by atoms with E-state index in [-0.39, 0.29) is 18.5 Å². The SMILES string of the molecule is CC(=O)c1cc2c(cc1NC(=O)[C@@H](C)Oc1ccc(C)cc1)OCO2. The van der Waals surface area contributed by atoms with Crippen molar-refractivity contribution in [2.45, 2.75) is 26.9 Å². The van der Waals surface area contributed by atoms with Crippen LogP contribution in [0.2, 0.25) is 0 Å². The normalized spacial score (nSPS) is 13.2. The van der Waals surface area contributed by atoms with E-state index in [4.69, 9.17) is 14.2 Å². The van der Waals surface area contributed by atoms with Crippen molar-refractivity contribution in [1.82, 2.24) is 0 Å². The van der Waals surface area contributed by atoms with E-state index in [0.717, 1.165) is 5.56 Å². The summed E-state index contributed by atoms with van der Waals surface area (Å²) >= 11 is 0. The average Bonchev–Trinajstić information content (AvgIpc) is 3.03. The highest BCUT2D eigenvalue weighted by atomic mass is 16.7. The molecule has 0 unspecified atom stereocenters. The van der Waals surface area contributed by atoms with Gasteiger partial charge in [0.05, 0.1) is 5.69 Å². The maximum Gasteiger partial charge on any atom is 0.265 e. The minimum absolute atomic E-state index is 0.0943. The number of aryl methyl sites for hydroxylation is 1. The molecule has 1 amide bonds. The molecule has 0 saturated carbocycles. The molecule has 1 atom stereocenters. The van der Waals surface area contributed by atoms with Crippen molar-refractivity contribution < 1.29 is 23.8 Å². The third-order valence-electron chi connectivity index (χ3n) is 3.85. The maximum absolute atomic E-state index is 12.4. The van der Waals surface area contributed by atoms with Gasteiger partial charge in [-0.05, 0) is 39.0 Å². The zero-order chi connectivity index (χ0) is 18.0. The lowest BCUT2D eigenvalue weighted by atomic mass is 10.1. The molecule has 0 aromatic heterocycles. The molecule has 1 N–H and O–H groups in total. The molecule has 1 heterocycles. The van der Waals surface area contributed by atoms with Crippen molar-refractivity contribution in [3.8, 4) is 17.2 Å². The first-order valence-electron chi connectivity index (χ1n) is 7.93. The van der Waals surface area contributed by atoms with E-state index >= 15 is 0 Å². The van der Waals surface area contributed by atoms with E-state index in [1.807, 2.05) is 19.1 Å². The molecule has 6 heteroatoms. The first-order chi connectivity index (χ1) is 11.9. The highest BCUT2D eigenvalue weighted by Crippen LogP contribution is 2.37. The van der Waals surface area contributed by atoms with Gasteiger partial charge < -0.3 is 19.5 Å². The van der Waals surface area contributed by atoms with Gasteiger partial charge in [-0.3, -0.25) is 9.59 Å². The van der Waals surface area contributed by atoms with E-state index < -0.39 is 6.10 Å². The number of fused-ring (bicyclic) bond motifs is 1. The van der Waals surface area contributed by atoms with Crippen LogP contribution in [0.25, 0.3) is 0 Å². The smallest absolute Gasteiger partial charge is 0.265 e. The Hall–Kier alpha value is -3.02. The van der Waals surface area contributed by atoms with Crippen LogP contribution in [0.1, 0.15) is 29.8 Å². The number of benzene rings is 2. The summed E-state index contributed by atoms with van der Waals surface area (Å²) in [4.78, 5) is 24.3. The Morgan fingerprint density at radius 1 is 1.12 bits per heavy atom. The molecule has 3 rings (SSSR count). The first-order valence-corrected chi connectivity index (χ1v) is 7.93.